The van der Waals surface area contributed by atoms with Crippen LogP contribution < -0.4 is 21.3 Å². The first-order chi connectivity index (χ1) is 15.4. The van der Waals surface area contributed by atoms with Gasteiger partial charge in [0.1, 0.15) is 5.54 Å². The quantitative estimate of drug-likeness (QED) is 0.384. The Bertz CT molecular complexity index is 1190. The first-order valence-corrected chi connectivity index (χ1v) is 10.3. The highest BCUT2D eigenvalue weighted by Crippen LogP contribution is 2.25. The molecule has 0 aliphatic carbocycles. The topological polar surface area (TPSA) is 120 Å². The number of imide groups is 1. The molecule has 0 bridgehead atoms. The van der Waals surface area contributed by atoms with Gasteiger partial charge in [-0.3, -0.25) is 10.1 Å². The molecule has 1 heterocycles. The van der Waals surface area contributed by atoms with Gasteiger partial charge in [-0.1, -0.05) is 66.7 Å². The van der Waals surface area contributed by atoms with Gasteiger partial charge in [-0.15, -0.1) is 0 Å². The second-order valence-electron chi connectivity index (χ2n) is 7.88. The van der Waals surface area contributed by atoms with Crippen LogP contribution in [0.4, 0.5) is 9.59 Å². The van der Waals surface area contributed by atoms with Crippen molar-refractivity contribution in [3.63, 3.8) is 0 Å². The number of rotatable bonds is 6. The van der Waals surface area contributed by atoms with Crippen LogP contribution in [0.3, 0.4) is 0 Å². The van der Waals surface area contributed by atoms with Gasteiger partial charge in [-0.05, 0) is 34.4 Å². The molecule has 1 aliphatic rings. The van der Waals surface area contributed by atoms with Gasteiger partial charge in [0.05, 0.1) is 6.10 Å². The molecule has 4 rings (SSSR count). The highest BCUT2D eigenvalue weighted by atomic mass is 16.3. The number of hydrogen-bond donors (Lipinski definition) is 5. The Morgan fingerprint density at radius 2 is 1.78 bits per heavy atom. The number of carbonyl (C=O) groups is 3. The molecule has 164 valence electrons. The average molecular weight is 432 g/mol. The number of aliphatic hydroxyl groups excluding tert-OH is 1. The minimum atomic E-state index is -1.15. The van der Waals surface area contributed by atoms with E-state index in [0.717, 1.165) is 21.9 Å². The van der Waals surface area contributed by atoms with Crippen LogP contribution in [0.2, 0.25) is 0 Å². The third-order valence-corrected chi connectivity index (χ3v) is 5.64. The summed E-state index contributed by atoms with van der Waals surface area (Å²) in [4.78, 5) is 35.9. The van der Waals surface area contributed by atoms with Crippen LogP contribution in [0, 0.1) is 0 Å². The molecule has 1 aliphatic heterocycles. The minimum absolute atomic E-state index is 0.0597. The Hall–Kier alpha value is -3.91. The zero-order valence-electron chi connectivity index (χ0n) is 17.5. The van der Waals surface area contributed by atoms with Crippen molar-refractivity contribution in [3.05, 3.63) is 83.4 Å². The van der Waals surface area contributed by atoms with Crippen molar-refractivity contribution in [2.24, 2.45) is 0 Å². The molecule has 0 radical (unpaired) electrons. The standard InChI is InChI=1S/C24H24N4O4/c1-24(21(30)27-23(32)28-24)17-9-4-6-15(12-17)13-25-22(31)26-14-20(29)19-11-5-8-16-7-2-3-10-18(16)19/h2-12,20,29H,13-14H2,1H3,(H2,25,26,31)(H2,27,28,30,32). The van der Waals surface area contributed by atoms with Crippen LogP contribution in [0.15, 0.2) is 66.7 Å². The third-order valence-electron chi connectivity index (χ3n) is 5.64. The summed E-state index contributed by atoms with van der Waals surface area (Å²) in [5.74, 6) is -0.423. The van der Waals surface area contributed by atoms with Crippen molar-refractivity contribution < 1.29 is 19.5 Å². The van der Waals surface area contributed by atoms with Crippen LogP contribution in [0.5, 0.6) is 0 Å². The van der Waals surface area contributed by atoms with E-state index in [1.54, 1.807) is 25.1 Å². The van der Waals surface area contributed by atoms with Crippen LogP contribution in [0.1, 0.15) is 29.7 Å². The molecule has 1 saturated heterocycles. The Balaban J connectivity index is 1.34. The molecule has 5 N–H and O–H groups in total. The summed E-state index contributed by atoms with van der Waals surface area (Å²) in [6, 6.07) is 19.6. The summed E-state index contributed by atoms with van der Waals surface area (Å²) in [6.45, 7) is 1.90. The second kappa shape index (κ2) is 8.68. The minimum Gasteiger partial charge on any atom is -0.387 e. The maximum Gasteiger partial charge on any atom is 0.322 e. The Morgan fingerprint density at radius 3 is 2.56 bits per heavy atom. The summed E-state index contributed by atoms with van der Waals surface area (Å²) in [5.41, 5.74) is 0.980. The zero-order chi connectivity index (χ0) is 22.7. The van der Waals surface area contributed by atoms with E-state index in [9.17, 15) is 19.5 Å². The fourth-order valence-electron chi connectivity index (χ4n) is 3.82. The lowest BCUT2D eigenvalue weighted by molar-refractivity contribution is -0.123. The normalized spacial score (nSPS) is 18.7. The number of carbonyl (C=O) groups excluding carboxylic acids is 3. The number of fused-ring (bicyclic) bond motifs is 1. The smallest absolute Gasteiger partial charge is 0.322 e. The van der Waals surface area contributed by atoms with E-state index in [1.807, 2.05) is 48.5 Å². The van der Waals surface area contributed by atoms with Crippen molar-refractivity contribution in [2.75, 3.05) is 6.54 Å². The molecule has 0 spiro atoms. The van der Waals surface area contributed by atoms with Crippen LogP contribution in [-0.2, 0) is 16.9 Å². The summed E-state index contributed by atoms with van der Waals surface area (Å²) in [7, 11) is 0. The summed E-state index contributed by atoms with van der Waals surface area (Å²) >= 11 is 0. The summed E-state index contributed by atoms with van der Waals surface area (Å²) in [6.07, 6.45) is -0.848. The fourth-order valence-corrected chi connectivity index (χ4v) is 3.82. The summed E-state index contributed by atoms with van der Waals surface area (Å²) in [5, 5.41) is 22.8. The van der Waals surface area contributed by atoms with Crippen molar-refractivity contribution in [3.8, 4) is 0 Å². The monoisotopic (exact) mass is 432 g/mol. The van der Waals surface area contributed by atoms with Gasteiger partial charge < -0.3 is 21.1 Å². The average Bonchev–Trinajstić information content (AvgIpc) is 3.08. The van der Waals surface area contributed by atoms with Gasteiger partial charge in [-0.2, -0.15) is 0 Å². The van der Waals surface area contributed by atoms with E-state index in [0.29, 0.717) is 5.56 Å². The number of urea groups is 2. The predicted octanol–water partition coefficient (Wildman–Crippen LogP) is 2.43. The number of benzene rings is 3. The molecule has 0 aromatic heterocycles. The molecule has 2 unspecified atom stereocenters. The molecule has 3 aromatic carbocycles. The molecule has 2 atom stereocenters. The molecule has 8 heteroatoms. The maximum absolute atomic E-state index is 12.3. The van der Waals surface area contributed by atoms with E-state index in [-0.39, 0.29) is 13.1 Å². The van der Waals surface area contributed by atoms with Gasteiger partial charge >= 0.3 is 12.1 Å². The predicted molar refractivity (Wildman–Crippen MR) is 120 cm³/mol. The third kappa shape index (κ3) is 4.26. The van der Waals surface area contributed by atoms with Crippen molar-refractivity contribution in [2.45, 2.75) is 25.1 Å². The van der Waals surface area contributed by atoms with E-state index in [2.05, 4.69) is 21.3 Å². The van der Waals surface area contributed by atoms with E-state index < -0.39 is 29.6 Å². The number of aliphatic hydroxyl groups is 1. The Labute approximate surface area is 185 Å². The van der Waals surface area contributed by atoms with E-state index >= 15 is 0 Å². The van der Waals surface area contributed by atoms with E-state index in [4.69, 9.17) is 0 Å². The van der Waals surface area contributed by atoms with E-state index in [1.165, 1.54) is 0 Å². The van der Waals surface area contributed by atoms with Crippen molar-refractivity contribution >= 4 is 28.7 Å². The van der Waals surface area contributed by atoms with Crippen molar-refractivity contribution in [1.29, 1.82) is 0 Å². The molecular formula is C24H24N4O4. The van der Waals surface area contributed by atoms with Gasteiger partial charge in [0.2, 0.25) is 0 Å². The molecule has 0 saturated carbocycles. The number of nitrogens with one attached hydrogen (secondary N) is 4. The van der Waals surface area contributed by atoms with Gasteiger partial charge in [0.25, 0.3) is 5.91 Å². The molecular weight excluding hydrogens is 408 g/mol. The zero-order valence-corrected chi connectivity index (χ0v) is 17.5. The molecule has 3 aromatic rings. The second-order valence-corrected chi connectivity index (χ2v) is 7.88. The van der Waals surface area contributed by atoms with Gasteiger partial charge in [-0.25, -0.2) is 9.59 Å². The first kappa shape index (κ1) is 21.3. The number of hydrogen-bond acceptors (Lipinski definition) is 4. The molecule has 5 amide bonds. The van der Waals surface area contributed by atoms with Gasteiger partial charge in [0.15, 0.2) is 0 Å². The van der Waals surface area contributed by atoms with Gasteiger partial charge in [0, 0.05) is 13.1 Å². The Kier molecular flexibility index (Phi) is 5.79. The lowest BCUT2D eigenvalue weighted by Crippen LogP contribution is -2.40. The number of amides is 5. The lowest BCUT2D eigenvalue weighted by atomic mass is 9.91. The largest absolute Gasteiger partial charge is 0.387 e. The highest BCUT2D eigenvalue weighted by molar-refractivity contribution is 6.07. The fraction of sp³-hybridized carbons (Fsp3) is 0.208. The SMILES string of the molecule is CC1(c2cccc(CNC(=O)NCC(O)c3cccc4ccccc34)c2)NC(=O)NC1=O. The molecule has 1 fully saturated rings. The highest BCUT2D eigenvalue weighted by Gasteiger charge is 2.43. The molecule has 32 heavy (non-hydrogen) atoms. The summed E-state index contributed by atoms with van der Waals surface area (Å²) < 4.78 is 0. The van der Waals surface area contributed by atoms with Crippen LogP contribution >= 0.6 is 0 Å². The van der Waals surface area contributed by atoms with Crippen LogP contribution in [-0.4, -0.2) is 29.6 Å². The first-order valence-electron chi connectivity index (χ1n) is 10.3. The van der Waals surface area contributed by atoms with Crippen LogP contribution in [0.25, 0.3) is 10.8 Å². The van der Waals surface area contributed by atoms with Crippen molar-refractivity contribution in [1.82, 2.24) is 21.3 Å². The molecule has 8 nitrogen and oxygen atoms in total. The Morgan fingerprint density at radius 1 is 1.03 bits per heavy atom. The maximum atomic E-state index is 12.3. The lowest BCUT2D eigenvalue weighted by Gasteiger charge is -2.21.